The maximum absolute atomic E-state index is 3.56. The summed E-state index contributed by atoms with van der Waals surface area (Å²) >= 11 is 3.56. The summed E-state index contributed by atoms with van der Waals surface area (Å²) < 4.78 is 0. The summed E-state index contributed by atoms with van der Waals surface area (Å²) in [4.78, 5) is 2.56. The van der Waals surface area contributed by atoms with E-state index in [1.807, 2.05) is 0 Å². The van der Waals surface area contributed by atoms with E-state index in [1.54, 1.807) is 0 Å². The largest absolute Gasteiger partial charge is 0.372 e. The molecule has 0 aliphatic carbocycles. The predicted octanol–water partition coefficient (Wildman–Crippen LogP) is 5.79. The van der Waals surface area contributed by atoms with Crippen molar-refractivity contribution >= 4 is 21.6 Å². The zero-order chi connectivity index (χ0) is 15.1. The third-order valence-electron chi connectivity index (χ3n) is 3.79. The highest BCUT2D eigenvalue weighted by Gasteiger charge is 2.10. The van der Waals surface area contributed by atoms with Crippen molar-refractivity contribution in [2.45, 2.75) is 52.8 Å². The van der Waals surface area contributed by atoms with Gasteiger partial charge in [-0.05, 0) is 54.9 Å². The van der Waals surface area contributed by atoms with Gasteiger partial charge in [-0.3, -0.25) is 0 Å². The van der Waals surface area contributed by atoms with Gasteiger partial charge in [0.1, 0.15) is 0 Å². The molecule has 0 N–H and O–H groups in total. The van der Waals surface area contributed by atoms with E-state index in [2.05, 4.69) is 73.6 Å². The van der Waals surface area contributed by atoms with E-state index in [0.717, 1.165) is 30.3 Å². The van der Waals surface area contributed by atoms with Gasteiger partial charge >= 0.3 is 0 Å². The molecule has 0 unspecified atom stereocenters. The molecule has 0 amide bonds. The molecule has 0 heterocycles. The van der Waals surface area contributed by atoms with Gasteiger partial charge in [-0.1, -0.05) is 49.7 Å². The van der Waals surface area contributed by atoms with E-state index in [1.165, 1.54) is 29.7 Å². The third-order valence-corrected chi connectivity index (χ3v) is 4.39. The van der Waals surface area contributed by atoms with Crippen molar-refractivity contribution < 1.29 is 0 Å². The zero-order valence-corrected chi connectivity index (χ0v) is 15.3. The monoisotopic (exact) mass is 339 g/mol. The van der Waals surface area contributed by atoms with Crippen LogP contribution in [0.3, 0.4) is 0 Å². The lowest BCUT2D eigenvalue weighted by molar-refractivity contribution is 0.535. The zero-order valence-electron chi connectivity index (χ0n) is 13.7. The van der Waals surface area contributed by atoms with Crippen LogP contribution in [0.4, 0.5) is 5.69 Å². The van der Waals surface area contributed by atoms with Gasteiger partial charge in [0.15, 0.2) is 0 Å². The molecule has 2 heteroatoms. The van der Waals surface area contributed by atoms with Crippen LogP contribution in [0.1, 0.15) is 51.7 Å². The Hall–Kier alpha value is -0.500. The van der Waals surface area contributed by atoms with Crippen LogP contribution in [-0.2, 0) is 5.33 Å². The number of anilines is 1. The Balaban J connectivity index is 2.82. The second-order valence-electron chi connectivity index (χ2n) is 6.60. The normalized spacial score (nSPS) is 11.4. The molecule has 1 rings (SSSR count). The Labute approximate surface area is 133 Å². The van der Waals surface area contributed by atoms with Crippen molar-refractivity contribution in [2.24, 2.45) is 11.8 Å². The third kappa shape index (κ3) is 5.87. The van der Waals surface area contributed by atoms with Crippen LogP contribution in [0.5, 0.6) is 0 Å². The molecule has 0 atom stereocenters. The van der Waals surface area contributed by atoms with Gasteiger partial charge in [0.25, 0.3) is 0 Å². The fourth-order valence-electron chi connectivity index (χ4n) is 2.22. The van der Waals surface area contributed by atoms with E-state index >= 15 is 0 Å². The van der Waals surface area contributed by atoms with E-state index in [0.29, 0.717) is 0 Å². The highest BCUT2D eigenvalue weighted by molar-refractivity contribution is 9.08. The Morgan fingerprint density at radius 3 is 1.95 bits per heavy atom. The van der Waals surface area contributed by atoms with Crippen LogP contribution in [0, 0.1) is 18.8 Å². The van der Waals surface area contributed by atoms with Crippen molar-refractivity contribution in [3.05, 3.63) is 29.3 Å². The van der Waals surface area contributed by atoms with Gasteiger partial charge in [-0.25, -0.2) is 0 Å². The Kier molecular flexibility index (Phi) is 7.65. The highest BCUT2D eigenvalue weighted by atomic mass is 79.9. The number of hydrogen-bond donors (Lipinski definition) is 0. The van der Waals surface area contributed by atoms with Gasteiger partial charge in [-0.15, -0.1) is 0 Å². The number of rotatable bonds is 8. The molecular weight excluding hydrogens is 310 g/mol. The fraction of sp³-hybridized carbons (Fsp3) is 0.667. The van der Waals surface area contributed by atoms with Crippen molar-refractivity contribution in [1.29, 1.82) is 0 Å². The van der Waals surface area contributed by atoms with Crippen LogP contribution < -0.4 is 4.90 Å². The molecule has 0 fully saturated rings. The molecule has 0 aliphatic heterocycles. The molecule has 0 radical (unpaired) electrons. The lowest BCUT2D eigenvalue weighted by atomic mass is 10.1. The van der Waals surface area contributed by atoms with E-state index in [4.69, 9.17) is 0 Å². The van der Waals surface area contributed by atoms with Crippen molar-refractivity contribution in [2.75, 3.05) is 18.0 Å². The minimum Gasteiger partial charge on any atom is -0.372 e. The average Bonchev–Trinajstić information content (AvgIpc) is 2.38. The smallest absolute Gasteiger partial charge is 0.0369 e. The molecule has 0 saturated carbocycles. The molecule has 0 spiro atoms. The van der Waals surface area contributed by atoms with Gasteiger partial charge in [0, 0.05) is 24.1 Å². The number of halogens is 1. The van der Waals surface area contributed by atoms with Gasteiger partial charge in [0.05, 0.1) is 0 Å². The standard InChI is InChI=1S/C18H30BrN/c1-14(2)8-10-20(11-9-15(3)4)18-7-6-17(13-19)16(5)12-18/h6-7,12,14-15H,8-11,13H2,1-5H3. The summed E-state index contributed by atoms with van der Waals surface area (Å²) in [5, 5.41) is 0.942. The molecule has 114 valence electrons. The predicted molar refractivity (Wildman–Crippen MR) is 94.9 cm³/mol. The van der Waals surface area contributed by atoms with Crippen LogP contribution in [0.15, 0.2) is 18.2 Å². The second kappa shape index (κ2) is 8.71. The average molecular weight is 340 g/mol. The lowest BCUT2D eigenvalue weighted by Gasteiger charge is -2.27. The van der Waals surface area contributed by atoms with E-state index in [-0.39, 0.29) is 0 Å². The summed E-state index contributed by atoms with van der Waals surface area (Å²) in [5.41, 5.74) is 4.16. The fourth-order valence-corrected chi connectivity index (χ4v) is 2.85. The molecule has 0 saturated heterocycles. The van der Waals surface area contributed by atoms with E-state index < -0.39 is 0 Å². The Bertz CT molecular complexity index is 386. The Morgan fingerprint density at radius 2 is 1.55 bits per heavy atom. The molecule has 0 bridgehead atoms. The maximum Gasteiger partial charge on any atom is 0.0369 e. The number of nitrogens with zero attached hydrogens (tertiary/aromatic N) is 1. The minimum atomic E-state index is 0.763. The summed E-state index contributed by atoms with van der Waals surface area (Å²) in [7, 11) is 0. The quantitative estimate of drug-likeness (QED) is 0.542. The van der Waals surface area contributed by atoms with Gasteiger partial charge in [-0.2, -0.15) is 0 Å². The molecular formula is C18H30BrN. The molecule has 20 heavy (non-hydrogen) atoms. The summed E-state index contributed by atoms with van der Waals surface area (Å²) in [6.07, 6.45) is 2.52. The number of alkyl halides is 1. The molecule has 1 aromatic rings. The van der Waals surface area contributed by atoms with Gasteiger partial charge in [0.2, 0.25) is 0 Å². The maximum atomic E-state index is 3.56. The minimum absolute atomic E-state index is 0.763. The van der Waals surface area contributed by atoms with Crippen LogP contribution in [0.2, 0.25) is 0 Å². The first-order valence-electron chi connectivity index (χ1n) is 7.84. The van der Waals surface area contributed by atoms with Gasteiger partial charge < -0.3 is 4.90 Å². The van der Waals surface area contributed by atoms with E-state index in [9.17, 15) is 0 Å². The first-order chi connectivity index (χ1) is 9.43. The molecule has 0 aliphatic rings. The summed E-state index contributed by atoms with van der Waals surface area (Å²) in [6, 6.07) is 6.89. The van der Waals surface area contributed by atoms with Crippen LogP contribution >= 0.6 is 15.9 Å². The van der Waals surface area contributed by atoms with Crippen molar-refractivity contribution in [3.8, 4) is 0 Å². The SMILES string of the molecule is Cc1cc(N(CCC(C)C)CCC(C)C)ccc1CBr. The van der Waals surface area contributed by atoms with Crippen LogP contribution in [0.25, 0.3) is 0 Å². The first kappa shape index (κ1) is 17.6. The summed E-state index contributed by atoms with van der Waals surface area (Å²) in [5.74, 6) is 1.53. The second-order valence-corrected chi connectivity index (χ2v) is 7.16. The first-order valence-corrected chi connectivity index (χ1v) is 8.96. The number of aryl methyl sites for hydroxylation is 1. The molecule has 1 nitrogen and oxygen atoms in total. The van der Waals surface area contributed by atoms with Crippen LogP contribution in [-0.4, -0.2) is 13.1 Å². The number of hydrogen-bond acceptors (Lipinski definition) is 1. The molecule has 0 aromatic heterocycles. The number of benzene rings is 1. The Morgan fingerprint density at radius 1 is 1.00 bits per heavy atom. The molecule has 1 aromatic carbocycles. The lowest BCUT2D eigenvalue weighted by Crippen LogP contribution is -2.27. The summed E-state index contributed by atoms with van der Waals surface area (Å²) in [6.45, 7) is 13.8. The van der Waals surface area contributed by atoms with Crippen molar-refractivity contribution in [1.82, 2.24) is 0 Å². The topological polar surface area (TPSA) is 3.24 Å². The van der Waals surface area contributed by atoms with Crippen molar-refractivity contribution in [3.63, 3.8) is 0 Å². The highest BCUT2D eigenvalue weighted by Crippen LogP contribution is 2.22.